The Morgan fingerprint density at radius 1 is 1.31 bits per heavy atom. The lowest BCUT2D eigenvalue weighted by molar-refractivity contribution is 1.01. The maximum Gasteiger partial charge on any atom is 0.0777 e. The summed E-state index contributed by atoms with van der Waals surface area (Å²) in [5.74, 6) is 0. The van der Waals surface area contributed by atoms with Crippen molar-refractivity contribution in [2.24, 2.45) is 0 Å². The summed E-state index contributed by atoms with van der Waals surface area (Å²) in [6.45, 7) is 0.601. The van der Waals surface area contributed by atoms with Gasteiger partial charge in [-0.3, -0.25) is 9.97 Å². The van der Waals surface area contributed by atoms with Crippen LogP contribution in [0.15, 0.2) is 41.3 Å². The van der Waals surface area contributed by atoms with E-state index < -0.39 is 0 Å². The fraction of sp³-hybridized carbons (Fsp3) is 0.0909. The summed E-state index contributed by atoms with van der Waals surface area (Å²) >= 11 is 9.44. The monoisotopic (exact) mass is 297 g/mol. The van der Waals surface area contributed by atoms with E-state index in [1.807, 2.05) is 18.2 Å². The molecule has 2 aromatic rings. The molecule has 16 heavy (non-hydrogen) atoms. The first-order chi connectivity index (χ1) is 7.75. The largest absolute Gasteiger partial charge is 0.378 e. The minimum Gasteiger partial charge on any atom is -0.378 e. The zero-order valence-electron chi connectivity index (χ0n) is 8.32. The predicted octanol–water partition coefficient (Wildman–Crippen LogP) is 3.50. The van der Waals surface area contributed by atoms with Crippen LogP contribution in [0, 0.1) is 0 Å². The van der Waals surface area contributed by atoms with Crippen LogP contribution in [-0.4, -0.2) is 9.97 Å². The van der Waals surface area contributed by atoms with Crippen LogP contribution < -0.4 is 5.32 Å². The molecule has 0 aliphatic rings. The average molecular weight is 299 g/mol. The fourth-order valence-corrected chi connectivity index (χ4v) is 1.79. The van der Waals surface area contributed by atoms with E-state index in [4.69, 9.17) is 11.6 Å². The average Bonchev–Trinajstić information content (AvgIpc) is 2.32. The molecule has 1 N–H and O–H groups in total. The maximum absolute atomic E-state index is 6.04. The zero-order valence-corrected chi connectivity index (χ0v) is 10.7. The molecule has 82 valence electrons. The standard InChI is InChI=1S/C11H9BrClN3/c12-8-1-2-10(13)11(5-8)16-7-9-6-14-3-4-15-9/h1-6,16H,7H2. The second-order valence-electron chi connectivity index (χ2n) is 3.17. The van der Waals surface area contributed by atoms with Gasteiger partial charge < -0.3 is 5.32 Å². The van der Waals surface area contributed by atoms with E-state index in [2.05, 4.69) is 31.2 Å². The first-order valence-corrected chi connectivity index (χ1v) is 5.86. The van der Waals surface area contributed by atoms with Gasteiger partial charge in [0, 0.05) is 16.9 Å². The number of rotatable bonds is 3. The fourth-order valence-electron chi connectivity index (χ4n) is 1.24. The number of halogens is 2. The third kappa shape index (κ3) is 2.93. The lowest BCUT2D eigenvalue weighted by Crippen LogP contribution is -2.02. The smallest absolute Gasteiger partial charge is 0.0777 e. The Morgan fingerprint density at radius 3 is 2.94 bits per heavy atom. The predicted molar refractivity (Wildman–Crippen MR) is 68.5 cm³/mol. The number of hydrogen-bond acceptors (Lipinski definition) is 3. The summed E-state index contributed by atoms with van der Waals surface area (Å²) in [6, 6.07) is 5.67. The molecule has 0 spiro atoms. The van der Waals surface area contributed by atoms with Gasteiger partial charge in [-0.15, -0.1) is 0 Å². The van der Waals surface area contributed by atoms with Crippen LogP contribution in [-0.2, 0) is 6.54 Å². The van der Waals surface area contributed by atoms with E-state index in [1.54, 1.807) is 18.6 Å². The summed E-state index contributed by atoms with van der Waals surface area (Å²) in [5.41, 5.74) is 1.75. The van der Waals surface area contributed by atoms with Gasteiger partial charge in [0.25, 0.3) is 0 Å². The molecule has 0 aliphatic carbocycles. The highest BCUT2D eigenvalue weighted by molar-refractivity contribution is 9.10. The highest BCUT2D eigenvalue weighted by Crippen LogP contribution is 2.25. The number of nitrogens with zero attached hydrogens (tertiary/aromatic N) is 2. The van der Waals surface area contributed by atoms with Gasteiger partial charge in [0.2, 0.25) is 0 Å². The number of nitrogens with one attached hydrogen (secondary N) is 1. The second kappa shape index (κ2) is 5.27. The van der Waals surface area contributed by atoms with Crippen molar-refractivity contribution in [3.8, 4) is 0 Å². The van der Waals surface area contributed by atoms with Crippen LogP contribution in [0.2, 0.25) is 5.02 Å². The molecule has 3 nitrogen and oxygen atoms in total. The molecule has 1 aromatic heterocycles. The Kier molecular flexibility index (Phi) is 3.74. The first kappa shape index (κ1) is 11.4. The van der Waals surface area contributed by atoms with Gasteiger partial charge in [-0.05, 0) is 18.2 Å². The second-order valence-corrected chi connectivity index (χ2v) is 4.50. The Labute approximate surface area is 107 Å². The molecule has 0 aliphatic heterocycles. The van der Waals surface area contributed by atoms with Crippen molar-refractivity contribution < 1.29 is 0 Å². The van der Waals surface area contributed by atoms with Crippen molar-refractivity contribution in [1.82, 2.24) is 9.97 Å². The zero-order chi connectivity index (χ0) is 11.4. The topological polar surface area (TPSA) is 37.8 Å². The molecular formula is C11H9BrClN3. The van der Waals surface area contributed by atoms with Gasteiger partial charge >= 0.3 is 0 Å². The van der Waals surface area contributed by atoms with Crippen molar-refractivity contribution in [3.63, 3.8) is 0 Å². The first-order valence-electron chi connectivity index (χ1n) is 4.69. The molecule has 0 amide bonds. The SMILES string of the molecule is Clc1ccc(Br)cc1NCc1cnccn1. The van der Waals surface area contributed by atoms with Gasteiger partial charge in [0.1, 0.15) is 0 Å². The highest BCUT2D eigenvalue weighted by atomic mass is 79.9. The van der Waals surface area contributed by atoms with E-state index in [0.717, 1.165) is 15.9 Å². The number of hydrogen-bond donors (Lipinski definition) is 1. The molecule has 0 saturated carbocycles. The van der Waals surface area contributed by atoms with Crippen LogP contribution in [0.3, 0.4) is 0 Å². The van der Waals surface area contributed by atoms with Crippen LogP contribution in [0.1, 0.15) is 5.69 Å². The molecule has 5 heteroatoms. The van der Waals surface area contributed by atoms with E-state index in [-0.39, 0.29) is 0 Å². The molecule has 0 saturated heterocycles. The Bertz CT molecular complexity index is 476. The number of anilines is 1. The third-order valence-electron chi connectivity index (χ3n) is 2.01. The summed E-state index contributed by atoms with van der Waals surface area (Å²) in [6.07, 6.45) is 5.04. The van der Waals surface area contributed by atoms with Crippen molar-refractivity contribution in [1.29, 1.82) is 0 Å². The molecule has 0 radical (unpaired) electrons. The minimum absolute atomic E-state index is 0.601. The van der Waals surface area contributed by atoms with E-state index in [0.29, 0.717) is 11.6 Å². The maximum atomic E-state index is 6.04. The van der Waals surface area contributed by atoms with Gasteiger partial charge in [-0.25, -0.2) is 0 Å². The van der Waals surface area contributed by atoms with Gasteiger partial charge in [-0.1, -0.05) is 27.5 Å². The van der Waals surface area contributed by atoms with Crippen molar-refractivity contribution in [2.75, 3.05) is 5.32 Å². The minimum atomic E-state index is 0.601. The van der Waals surface area contributed by atoms with Crippen LogP contribution in [0.5, 0.6) is 0 Å². The van der Waals surface area contributed by atoms with Crippen LogP contribution >= 0.6 is 27.5 Å². The van der Waals surface area contributed by atoms with Crippen LogP contribution in [0.25, 0.3) is 0 Å². The number of benzene rings is 1. The molecule has 0 fully saturated rings. The van der Waals surface area contributed by atoms with Crippen LogP contribution in [0.4, 0.5) is 5.69 Å². The third-order valence-corrected chi connectivity index (χ3v) is 2.83. The van der Waals surface area contributed by atoms with E-state index in [1.165, 1.54) is 0 Å². The number of aromatic nitrogens is 2. The molecule has 0 bridgehead atoms. The summed E-state index contributed by atoms with van der Waals surface area (Å²) in [7, 11) is 0. The van der Waals surface area contributed by atoms with Crippen molar-refractivity contribution in [3.05, 3.63) is 52.0 Å². The normalized spacial score (nSPS) is 10.1. The molecule has 0 atom stereocenters. The van der Waals surface area contributed by atoms with E-state index >= 15 is 0 Å². The summed E-state index contributed by atoms with van der Waals surface area (Å²) in [4.78, 5) is 8.16. The summed E-state index contributed by atoms with van der Waals surface area (Å²) < 4.78 is 0.985. The summed E-state index contributed by atoms with van der Waals surface area (Å²) in [5, 5.41) is 3.89. The lowest BCUT2D eigenvalue weighted by atomic mass is 10.3. The van der Waals surface area contributed by atoms with Gasteiger partial charge in [0.15, 0.2) is 0 Å². The lowest BCUT2D eigenvalue weighted by Gasteiger charge is -2.07. The molecule has 1 heterocycles. The highest BCUT2D eigenvalue weighted by Gasteiger charge is 2.01. The van der Waals surface area contributed by atoms with Crippen molar-refractivity contribution >= 4 is 33.2 Å². The Balaban J connectivity index is 2.08. The molecular weight excluding hydrogens is 289 g/mol. The van der Waals surface area contributed by atoms with E-state index in [9.17, 15) is 0 Å². The Hall–Kier alpha value is -1.13. The molecule has 2 rings (SSSR count). The molecule has 0 unspecified atom stereocenters. The van der Waals surface area contributed by atoms with Gasteiger partial charge in [-0.2, -0.15) is 0 Å². The van der Waals surface area contributed by atoms with Crippen molar-refractivity contribution in [2.45, 2.75) is 6.54 Å². The van der Waals surface area contributed by atoms with Gasteiger partial charge in [0.05, 0.1) is 29.1 Å². The quantitative estimate of drug-likeness (QED) is 0.942. The Morgan fingerprint density at radius 2 is 2.19 bits per heavy atom. The molecule has 1 aromatic carbocycles.